The molecule has 1 atom stereocenters. The van der Waals surface area contributed by atoms with Gasteiger partial charge in [0, 0.05) is 0 Å². The summed E-state index contributed by atoms with van der Waals surface area (Å²) in [6, 6.07) is 7.22. The highest BCUT2D eigenvalue weighted by Crippen LogP contribution is 2.03. The van der Waals surface area contributed by atoms with Crippen molar-refractivity contribution in [1.82, 2.24) is 5.32 Å². The van der Waals surface area contributed by atoms with Crippen LogP contribution in [0, 0.1) is 0 Å². The van der Waals surface area contributed by atoms with Crippen LogP contribution in [0.3, 0.4) is 0 Å². The van der Waals surface area contributed by atoms with Crippen molar-refractivity contribution in [2.75, 3.05) is 0 Å². The van der Waals surface area contributed by atoms with E-state index in [0.717, 1.165) is 0 Å². The molecule has 1 rings (SSSR count). The van der Waals surface area contributed by atoms with Gasteiger partial charge in [-0.15, -0.1) is 0 Å². The molecular formula is C11H12N2O4. The lowest BCUT2D eigenvalue weighted by Gasteiger charge is -2.11. The number of benzene rings is 1. The molecule has 0 aliphatic rings. The molecule has 17 heavy (non-hydrogen) atoms. The number of ether oxygens (including phenoxy) is 1. The second kappa shape index (κ2) is 5.64. The lowest BCUT2D eigenvalue weighted by atomic mass is 10.2. The number of primary amides is 1. The number of imide groups is 1. The average Bonchev–Trinajstić information content (AvgIpc) is 2.29. The molecule has 0 spiro atoms. The van der Waals surface area contributed by atoms with Crippen molar-refractivity contribution in [2.24, 2.45) is 5.73 Å². The first-order valence-electron chi connectivity index (χ1n) is 4.87. The van der Waals surface area contributed by atoms with Crippen LogP contribution in [-0.2, 0) is 9.53 Å². The quantitative estimate of drug-likeness (QED) is 0.743. The van der Waals surface area contributed by atoms with Gasteiger partial charge in [-0.2, -0.15) is 0 Å². The Hall–Kier alpha value is -2.37. The third kappa shape index (κ3) is 3.94. The largest absolute Gasteiger partial charge is 0.449 e. The molecule has 0 saturated heterocycles. The number of nitrogens with one attached hydrogen (secondary N) is 1. The molecule has 3 N–H and O–H groups in total. The highest BCUT2D eigenvalue weighted by Gasteiger charge is 2.19. The van der Waals surface area contributed by atoms with Gasteiger partial charge < -0.3 is 10.5 Å². The third-order valence-corrected chi connectivity index (χ3v) is 1.91. The summed E-state index contributed by atoms with van der Waals surface area (Å²) < 4.78 is 4.84. The van der Waals surface area contributed by atoms with Crippen LogP contribution >= 0.6 is 0 Å². The van der Waals surface area contributed by atoms with Gasteiger partial charge in [-0.1, -0.05) is 18.2 Å². The minimum atomic E-state index is -1.09. The van der Waals surface area contributed by atoms with E-state index in [2.05, 4.69) is 0 Å². The van der Waals surface area contributed by atoms with Crippen LogP contribution in [-0.4, -0.2) is 24.0 Å². The SMILES string of the molecule is C[C@H](OC(=O)c1ccccc1)C(=O)NC(N)=O. The van der Waals surface area contributed by atoms with E-state index in [4.69, 9.17) is 10.5 Å². The van der Waals surface area contributed by atoms with Gasteiger partial charge in [0.25, 0.3) is 5.91 Å². The number of amides is 3. The highest BCUT2D eigenvalue weighted by atomic mass is 16.5. The Balaban J connectivity index is 2.57. The van der Waals surface area contributed by atoms with E-state index in [9.17, 15) is 14.4 Å². The molecule has 0 saturated carbocycles. The summed E-state index contributed by atoms with van der Waals surface area (Å²) in [5.74, 6) is -1.40. The minimum Gasteiger partial charge on any atom is -0.449 e. The predicted octanol–water partition coefficient (Wildman–Crippen LogP) is 0.427. The van der Waals surface area contributed by atoms with Gasteiger partial charge in [0.05, 0.1) is 5.56 Å². The van der Waals surface area contributed by atoms with Gasteiger partial charge in [-0.3, -0.25) is 10.1 Å². The van der Waals surface area contributed by atoms with Gasteiger partial charge in [-0.25, -0.2) is 9.59 Å². The van der Waals surface area contributed by atoms with Gasteiger partial charge in [0.1, 0.15) is 0 Å². The molecule has 0 radical (unpaired) electrons. The lowest BCUT2D eigenvalue weighted by molar-refractivity contribution is -0.127. The molecule has 3 amide bonds. The fourth-order valence-electron chi connectivity index (χ4n) is 1.08. The van der Waals surface area contributed by atoms with Crippen LogP contribution < -0.4 is 11.1 Å². The van der Waals surface area contributed by atoms with Crippen LogP contribution in [0.15, 0.2) is 30.3 Å². The molecule has 0 aliphatic heterocycles. The van der Waals surface area contributed by atoms with E-state index in [1.54, 1.807) is 30.3 Å². The van der Waals surface area contributed by atoms with Crippen LogP contribution in [0.1, 0.15) is 17.3 Å². The smallest absolute Gasteiger partial charge is 0.338 e. The Morgan fingerprint density at radius 1 is 1.24 bits per heavy atom. The zero-order valence-electron chi connectivity index (χ0n) is 9.17. The number of urea groups is 1. The van der Waals surface area contributed by atoms with Crippen LogP contribution in [0.2, 0.25) is 0 Å². The van der Waals surface area contributed by atoms with Crippen molar-refractivity contribution in [3.05, 3.63) is 35.9 Å². The van der Waals surface area contributed by atoms with Crippen LogP contribution in [0.5, 0.6) is 0 Å². The summed E-state index contributed by atoms with van der Waals surface area (Å²) in [4.78, 5) is 33.2. The molecule has 0 aromatic heterocycles. The zero-order valence-corrected chi connectivity index (χ0v) is 9.17. The third-order valence-electron chi connectivity index (χ3n) is 1.91. The summed E-state index contributed by atoms with van der Waals surface area (Å²) in [5, 5.41) is 1.82. The summed E-state index contributed by atoms with van der Waals surface area (Å²) in [6.45, 7) is 1.35. The lowest BCUT2D eigenvalue weighted by Crippen LogP contribution is -2.42. The summed E-state index contributed by atoms with van der Waals surface area (Å²) in [7, 11) is 0. The maximum Gasteiger partial charge on any atom is 0.338 e. The highest BCUT2D eigenvalue weighted by molar-refractivity contribution is 5.97. The fourth-order valence-corrected chi connectivity index (χ4v) is 1.08. The topological polar surface area (TPSA) is 98.5 Å². The van der Waals surface area contributed by atoms with Crippen LogP contribution in [0.25, 0.3) is 0 Å². The first kappa shape index (κ1) is 12.7. The Morgan fingerprint density at radius 3 is 2.35 bits per heavy atom. The number of carbonyl (C=O) groups excluding carboxylic acids is 3. The van der Waals surface area contributed by atoms with Gasteiger partial charge >= 0.3 is 12.0 Å². The van der Waals surface area contributed by atoms with Crippen molar-refractivity contribution in [3.63, 3.8) is 0 Å². The van der Waals surface area contributed by atoms with Gasteiger partial charge in [-0.05, 0) is 19.1 Å². The molecule has 6 heteroatoms. The van der Waals surface area contributed by atoms with Crippen molar-refractivity contribution in [1.29, 1.82) is 0 Å². The molecule has 6 nitrogen and oxygen atoms in total. The van der Waals surface area contributed by atoms with E-state index in [1.807, 2.05) is 5.32 Å². The second-order valence-electron chi connectivity index (χ2n) is 3.27. The molecule has 0 aliphatic carbocycles. The number of hydrogen-bond donors (Lipinski definition) is 2. The van der Waals surface area contributed by atoms with E-state index in [1.165, 1.54) is 6.92 Å². The Bertz CT molecular complexity index is 430. The Morgan fingerprint density at radius 2 is 1.82 bits per heavy atom. The molecule has 90 valence electrons. The standard InChI is InChI=1S/C11H12N2O4/c1-7(9(14)13-11(12)16)17-10(15)8-5-3-2-4-6-8/h2-7H,1H3,(H3,12,13,14,16)/t7-/m0/s1. The molecule has 1 aromatic rings. The molecule has 0 unspecified atom stereocenters. The minimum absolute atomic E-state index is 0.325. The van der Waals surface area contributed by atoms with E-state index >= 15 is 0 Å². The molecule has 0 fully saturated rings. The van der Waals surface area contributed by atoms with Crippen molar-refractivity contribution < 1.29 is 19.1 Å². The zero-order chi connectivity index (χ0) is 12.8. The molecular weight excluding hydrogens is 224 g/mol. The molecule has 0 heterocycles. The van der Waals surface area contributed by atoms with Crippen molar-refractivity contribution >= 4 is 17.9 Å². The van der Waals surface area contributed by atoms with Crippen molar-refractivity contribution in [2.45, 2.75) is 13.0 Å². The normalized spacial score (nSPS) is 11.4. The molecule has 1 aromatic carbocycles. The summed E-state index contributed by atoms with van der Waals surface area (Å²) in [6.07, 6.45) is -1.09. The number of rotatable bonds is 3. The van der Waals surface area contributed by atoms with Crippen LogP contribution in [0.4, 0.5) is 4.79 Å². The summed E-state index contributed by atoms with van der Waals surface area (Å²) >= 11 is 0. The second-order valence-corrected chi connectivity index (χ2v) is 3.27. The number of hydrogen-bond acceptors (Lipinski definition) is 4. The van der Waals surface area contributed by atoms with Crippen molar-refractivity contribution in [3.8, 4) is 0 Å². The fraction of sp³-hybridized carbons (Fsp3) is 0.182. The van der Waals surface area contributed by atoms with Gasteiger partial charge in [0.15, 0.2) is 6.10 Å². The van der Waals surface area contributed by atoms with E-state index in [0.29, 0.717) is 5.56 Å². The summed E-state index contributed by atoms with van der Waals surface area (Å²) in [5.41, 5.74) is 5.09. The van der Waals surface area contributed by atoms with Gasteiger partial charge in [0.2, 0.25) is 0 Å². The van der Waals surface area contributed by atoms with E-state index in [-0.39, 0.29) is 0 Å². The Labute approximate surface area is 97.7 Å². The first-order chi connectivity index (χ1) is 8.00. The monoisotopic (exact) mass is 236 g/mol. The predicted molar refractivity (Wildman–Crippen MR) is 59.0 cm³/mol. The average molecular weight is 236 g/mol. The number of carbonyl (C=O) groups is 3. The first-order valence-corrected chi connectivity index (χ1v) is 4.87. The number of nitrogens with two attached hydrogens (primary N) is 1. The number of esters is 1. The van der Waals surface area contributed by atoms with E-state index < -0.39 is 24.0 Å². The molecule has 0 bridgehead atoms. The Kier molecular flexibility index (Phi) is 4.21. The maximum absolute atomic E-state index is 11.5. The maximum atomic E-state index is 11.5.